The molecule has 0 aliphatic rings. The standard InChI is InChI=1S/C19H19N3O3S/c1-12-8-13(2)10-15(9-12)20-17(23)6-5-14-11-26-19(21-14)22-18(24)16-4-3-7-25-16/h3-4,7-11H,5-6H2,1-2H3,(H,20,23)(H,21,22,24). The van der Waals surface area contributed by atoms with Gasteiger partial charge in [-0.1, -0.05) is 6.07 Å². The first-order valence-corrected chi connectivity index (χ1v) is 9.05. The van der Waals surface area contributed by atoms with Gasteiger partial charge >= 0.3 is 0 Å². The number of furan rings is 1. The van der Waals surface area contributed by atoms with Crippen LogP contribution in [-0.4, -0.2) is 16.8 Å². The number of nitrogens with one attached hydrogen (secondary N) is 2. The van der Waals surface area contributed by atoms with Crippen LogP contribution in [0, 0.1) is 13.8 Å². The van der Waals surface area contributed by atoms with Crippen molar-refractivity contribution in [3.8, 4) is 0 Å². The Morgan fingerprint density at radius 3 is 2.62 bits per heavy atom. The van der Waals surface area contributed by atoms with Crippen molar-refractivity contribution in [2.45, 2.75) is 26.7 Å². The zero-order valence-electron chi connectivity index (χ0n) is 14.5. The van der Waals surface area contributed by atoms with Gasteiger partial charge in [0, 0.05) is 17.5 Å². The van der Waals surface area contributed by atoms with Gasteiger partial charge < -0.3 is 9.73 Å². The predicted molar refractivity (Wildman–Crippen MR) is 102 cm³/mol. The summed E-state index contributed by atoms with van der Waals surface area (Å²) >= 11 is 1.32. The third-order valence-electron chi connectivity index (χ3n) is 3.63. The number of anilines is 2. The number of amides is 2. The fraction of sp³-hybridized carbons (Fsp3) is 0.211. The second kappa shape index (κ2) is 7.97. The van der Waals surface area contributed by atoms with E-state index in [0.29, 0.717) is 18.0 Å². The molecule has 2 N–H and O–H groups in total. The van der Waals surface area contributed by atoms with E-state index in [-0.39, 0.29) is 17.6 Å². The van der Waals surface area contributed by atoms with Gasteiger partial charge in [-0.15, -0.1) is 11.3 Å². The van der Waals surface area contributed by atoms with Crippen LogP contribution in [0.1, 0.15) is 33.8 Å². The molecule has 3 aromatic rings. The van der Waals surface area contributed by atoms with Gasteiger partial charge in [-0.25, -0.2) is 4.98 Å². The molecule has 0 aliphatic heterocycles. The molecule has 0 aliphatic carbocycles. The highest BCUT2D eigenvalue weighted by atomic mass is 32.1. The first-order valence-electron chi connectivity index (χ1n) is 8.17. The van der Waals surface area contributed by atoms with Crippen LogP contribution in [0.15, 0.2) is 46.4 Å². The van der Waals surface area contributed by atoms with E-state index in [1.165, 1.54) is 17.6 Å². The molecule has 0 bridgehead atoms. The molecule has 3 rings (SSSR count). The Balaban J connectivity index is 1.51. The quantitative estimate of drug-likeness (QED) is 0.683. The summed E-state index contributed by atoms with van der Waals surface area (Å²) in [6.45, 7) is 3.99. The SMILES string of the molecule is Cc1cc(C)cc(NC(=O)CCc2csc(NC(=O)c3ccco3)n2)c1. The van der Waals surface area contributed by atoms with Crippen LogP contribution in [0.3, 0.4) is 0 Å². The zero-order chi connectivity index (χ0) is 18.5. The molecule has 7 heteroatoms. The molecule has 0 radical (unpaired) electrons. The second-order valence-electron chi connectivity index (χ2n) is 6.00. The highest BCUT2D eigenvalue weighted by Gasteiger charge is 2.12. The molecule has 0 spiro atoms. The average molecular weight is 369 g/mol. The maximum atomic E-state index is 12.1. The lowest BCUT2D eigenvalue weighted by atomic mass is 10.1. The van der Waals surface area contributed by atoms with Crippen LogP contribution < -0.4 is 10.6 Å². The molecule has 2 amide bonds. The van der Waals surface area contributed by atoms with Gasteiger partial charge in [0.2, 0.25) is 5.91 Å². The number of thiazole rings is 1. The molecule has 6 nitrogen and oxygen atoms in total. The number of carbonyl (C=O) groups excluding carboxylic acids is 2. The fourth-order valence-corrected chi connectivity index (χ4v) is 3.30. The van der Waals surface area contributed by atoms with Gasteiger partial charge in [0.05, 0.1) is 12.0 Å². The molecular weight excluding hydrogens is 350 g/mol. The maximum absolute atomic E-state index is 12.1. The van der Waals surface area contributed by atoms with Gasteiger partial charge in [-0.3, -0.25) is 14.9 Å². The largest absolute Gasteiger partial charge is 0.459 e. The minimum Gasteiger partial charge on any atom is -0.459 e. The van der Waals surface area contributed by atoms with Crippen LogP contribution in [-0.2, 0) is 11.2 Å². The van der Waals surface area contributed by atoms with Gasteiger partial charge in [0.1, 0.15) is 0 Å². The monoisotopic (exact) mass is 369 g/mol. The molecule has 0 fully saturated rings. The summed E-state index contributed by atoms with van der Waals surface area (Å²) in [6, 6.07) is 9.17. The van der Waals surface area contributed by atoms with E-state index >= 15 is 0 Å². The molecule has 134 valence electrons. The second-order valence-corrected chi connectivity index (χ2v) is 6.86. The summed E-state index contributed by atoms with van der Waals surface area (Å²) < 4.78 is 5.04. The Kier molecular flexibility index (Phi) is 5.48. The molecule has 2 aromatic heterocycles. The van der Waals surface area contributed by atoms with Gasteiger partial charge in [-0.2, -0.15) is 0 Å². The third-order valence-corrected chi connectivity index (χ3v) is 4.44. The number of aromatic nitrogens is 1. The lowest BCUT2D eigenvalue weighted by Gasteiger charge is -2.07. The zero-order valence-corrected chi connectivity index (χ0v) is 15.4. The molecule has 0 saturated carbocycles. The van der Waals surface area contributed by atoms with Gasteiger partial charge in [0.15, 0.2) is 10.9 Å². The summed E-state index contributed by atoms with van der Waals surface area (Å²) in [6.07, 6.45) is 2.27. The lowest BCUT2D eigenvalue weighted by Crippen LogP contribution is -2.13. The molecule has 0 saturated heterocycles. The molecule has 0 atom stereocenters. The van der Waals surface area contributed by atoms with E-state index in [1.54, 1.807) is 12.1 Å². The van der Waals surface area contributed by atoms with Crippen molar-refractivity contribution in [3.63, 3.8) is 0 Å². The highest BCUT2D eigenvalue weighted by molar-refractivity contribution is 7.13. The third kappa shape index (κ3) is 4.80. The van der Waals surface area contributed by atoms with Crippen molar-refractivity contribution in [2.24, 2.45) is 0 Å². The molecular formula is C19H19N3O3S. The number of nitrogens with zero attached hydrogens (tertiary/aromatic N) is 1. The predicted octanol–water partition coefficient (Wildman–Crippen LogP) is 4.18. The first-order chi connectivity index (χ1) is 12.5. The van der Waals surface area contributed by atoms with Crippen LogP contribution >= 0.6 is 11.3 Å². The van der Waals surface area contributed by atoms with E-state index in [2.05, 4.69) is 21.7 Å². The van der Waals surface area contributed by atoms with Crippen LogP contribution in [0.4, 0.5) is 10.8 Å². The Hall–Kier alpha value is -2.93. The number of carbonyl (C=O) groups is 2. The molecule has 1 aromatic carbocycles. The first kappa shape index (κ1) is 17.9. The van der Waals surface area contributed by atoms with E-state index < -0.39 is 0 Å². The van der Waals surface area contributed by atoms with Gasteiger partial charge in [-0.05, 0) is 55.7 Å². The Morgan fingerprint density at radius 1 is 1.15 bits per heavy atom. The summed E-state index contributed by atoms with van der Waals surface area (Å²) in [5.74, 6) is -0.179. The van der Waals surface area contributed by atoms with Crippen molar-refractivity contribution in [1.82, 2.24) is 4.98 Å². The number of rotatable bonds is 6. The maximum Gasteiger partial charge on any atom is 0.293 e. The fourth-order valence-electron chi connectivity index (χ4n) is 2.56. The van der Waals surface area contributed by atoms with Crippen LogP contribution in [0.25, 0.3) is 0 Å². The van der Waals surface area contributed by atoms with Gasteiger partial charge in [0.25, 0.3) is 5.91 Å². The Bertz CT molecular complexity index is 896. The smallest absolute Gasteiger partial charge is 0.293 e. The summed E-state index contributed by atoms with van der Waals surface area (Å²) in [5.41, 5.74) is 3.78. The number of aryl methyl sites for hydroxylation is 3. The average Bonchev–Trinajstić information content (AvgIpc) is 3.23. The molecule has 0 unspecified atom stereocenters. The van der Waals surface area contributed by atoms with E-state index in [1.807, 2.05) is 31.4 Å². The van der Waals surface area contributed by atoms with E-state index in [4.69, 9.17) is 4.42 Å². The lowest BCUT2D eigenvalue weighted by molar-refractivity contribution is -0.116. The van der Waals surface area contributed by atoms with Crippen molar-refractivity contribution < 1.29 is 14.0 Å². The van der Waals surface area contributed by atoms with Crippen molar-refractivity contribution in [2.75, 3.05) is 10.6 Å². The van der Waals surface area contributed by atoms with E-state index in [9.17, 15) is 9.59 Å². The topological polar surface area (TPSA) is 84.2 Å². The van der Waals surface area contributed by atoms with E-state index in [0.717, 1.165) is 22.5 Å². The number of hydrogen-bond donors (Lipinski definition) is 2. The molecule has 2 heterocycles. The van der Waals surface area contributed by atoms with Crippen molar-refractivity contribution >= 4 is 34.0 Å². The summed E-state index contributed by atoms with van der Waals surface area (Å²) in [5, 5.41) is 7.90. The van der Waals surface area contributed by atoms with Crippen molar-refractivity contribution in [1.29, 1.82) is 0 Å². The minimum absolute atomic E-state index is 0.0656. The highest BCUT2D eigenvalue weighted by Crippen LogP contribution is 2.18. The normalized spacial score (nSPS) is 10.5. The number of benzene rings is 1. The van der Waals surface area contributed by atoms with Crippen LogP contribution in [0.2, 0.25) is 0 Å². The summed E-state index contributed by atoms with van der Waals surface area (Å²) in [7, 11) is 0. The van der Waals surface area contributed by atoms with Crippen molar-refractivity contribution in [3.05, 3.63) is 64.6 Å². The minimum atomic E-state index is -0.344. The Labute approximate surface area is 155 Å². The number of hydrogen-bond acceptors (Lipinski definition) is 5. The Morgan fingerprint density at radius 2 is 1.92 bits per heavy atom. The molecule has 26 heavy (non-hydrogen) atoms. The van der Waals surface area contributed by atoms with Crippen LogP contribution in [0.5, 0.6) is 0 Å². The summed E-state index contributed by atoms with van der Waals surface area (Å²) in [4.78, 5) is 28.4.